The molecule has 20 heavy (non-hydrogen) atoms. The second kappa shape index (κ2) is 8.29. The van der Waals surface area contributed by atoms with Crippen LogP contribution in [0.1, 0.15) is 6.92 Å². The minimum Gasteiger partial charge on any atom is -0.480 e. The van der Waals surface area contributed by atoms with E-state index < -0.39 is 6.10 Å². The molecule has 4 nitrogen and oxygen atoms in total. The van der Waals surface area contributed by atoms with Gasteiger partial charge in [0, 0.05) is 18.1 Å². The van der Waals surface area contributed by atoms with Crippen LogP contribution < -0.4 is 4.74 Å². The van der Waals surface area contributed by atoms with Crippen molar-refractivity contribution in [1.82, 2.24) is 4.90 Å². The van der Waals surface area contributed by atoms with Crippen LogP contribution in [0.15, 0.2) is 35.3 Å². The van der Waals surface area contributed by atoms with Crippen molar-refractivity contribution in [2.24, 2.45) is 0 Å². The van der Waals surface area contributed by atoms with E-state index in [0.29, 0.717) is 21.8 Å². The molecule has 0 aliphatic rings. The van der Waals surface area contributed by atoms with Crippen LogP contribution in [0.25, 0.3) is 0 Å². The van der Waals surface area contributed by atoms with E-state index in [1.807, 2.05) is 0 Å². The van der Waals surface area contributed by atoms with E-state index >= 15 is 0 Å². The largest absolute Gasteiger partial charge is 0.480 e. The van der Waals surface area contributed by atoms with Crippen LogP contribution in [0.2, 0.25) is 5.02 Å². The van der Waals surface area contributed by atoms with Crippen molar-refractivity contribution in [3.63, 3.8) is 0 Å². The summed E-state index contributed by atoms with van der Waals surface area (Å²) < 4.78 is 6.31. The Hall–Kier alpha value is -1.04. The smallest absolute Gasteiger partial charge is 0.263 e. The molecule has 1 aromatic rings. The van der Waals surface area contributed by atoms with Crippen molar-refractivity contribution in [1.29, 1.82) is 0 Å². The molecule has 1 amide bonds. The van der Waals surface area contributed by atoms with Gasteiger partial charge in [0.05, 0.1) is 11.1 Å². The molecule has 0 fully saturated rings. The highest BCUT2D eigenvalue weighted by atomic mass is 79.9. The number of ether oxygens (including phenoxy) is 1. The number of aliphatic hydroxyl groups is 1. The molecule has 110 valence electrons. The summed E-state index contributed by atoms with van der Waals surface area (Å²) in [5.41, 5.74) is 0. The third-order valence-electron chi connectivity index (χ3n) is 2.58. The van der Waals surface area contributed by atoms with Gasteiger partial charge in [-0.05, 0) is 41.1 Å². The Kier molecular flexibility index (Phi) is 7.05. The Labute approximate surface area is 132 Å². The molecule has 1 N–H and O–H groups in total. The molecule has 1 atom stereocenters. The quantitative estimate of drug-likeness (QED) is 0.759. The summed E-state index contributed by atoms with van der Waals surface area (Å²) in [6.07, 6.45) is 0.942. The first-order chi connectivity index (χ1) is 9.49. The number of carbonyl (C=O) groups excluding carboxylic acids is 1. The van der Waals surface area contributed by atoms with E-state index in [9.17, 15) is 4.79 Å². The van der Waals surface area contributed by atoms with E-state index in [1.165, 1.54) is 4.90 Å². The van der Waals surface area contributed by atoms with Gasteiger partial charge in [-0.15, -0.1) is 6.58 Å². The fraction of sp³-hybridized carbons (Fsp3) is 0.357. The molecule has 1 aromatic carbocycles. The van der Waals surface area contributed by atoms with Crippen molar-refractivity contribution in [2.75, 3.05) is 19.7 Å². The molecule has 0 aromatic heterocycles. The zero-order valence-electron chi connectivity index (χ0n) is 11.2. The zero-order chi connectivity index (χ0) is 15.1. The lowest BCUT2D eigenvalue weighted by atomic mass is 10.3. The molecule has 0 aliphatic heterocycles. The van der Waals surface area contributed by atoms with Crippen LogP contribution in [-0.4, -0.2) is 41.7 Å². The Bertz CT molecular complexity index is 481. The summed E-state index contributed by atoms with van der Waals surface area (Å²) in [5, 5.41) is 9.55. The number of hydrogen-bond acceptors (Lipinski definition) is 3. The van der Waals surface area contributed by atoms with Gasteiger partial charge in [-0.1, -0.05) is 17.7 Å². The Morgan fingerprint density at radius 1 is 1.65 bits per heavy atom. The summed E-state index contributed by atoms with van der Waals surface area (Å²) >= 11 is 9.18. The molecular formula is C14H17BrClNO3. The summed E-state index contributed by atoms with van der Waals surface area (Å²) in [5.74, 6) is 0.332. The minimum absolute atomic E-state index is 0.100. The number of nitrogens with zero attached hydrogens (tertiary/aromatic N) is 1. The monoisotopic (exact) mass is 361 g/mol. The van der Waals surface area contributed by atoms with Gasteiger partial charge in [0.1, 0.15) is 5.75 Å². The highest BCUT2D eigenvalue weighted by Gasteiger charge is 2.21. The molecule has 0 saturated carbocycles. The Morgan fingerprint density at radius 3 is 2.90 bits per heavy atom. The maximum absolute atomic E-state index is 12.2. The first kappa shape index (κ1) is 17.0. The lowest BCUT2D eigenvalue weighted by Gasteiger charge is -2.24. The predicted molar refractivity (Wildman–Crippen MR) is 83.1 cm³/mol. The number of rotatable bonds is 7. The van der Waals surface area contributed by atoms with Crippen LogP contribution in [-0.2, 0) is 4.79 Å². The first-order valence-corrected chi connectivity index (χ1v) is 7.29. The van der Waals surface area contributed by atoms with Crippen molar-refractivity contribution in [2.45, 2.75) is 13.0 Å². The molecule has 0 radical (unpaired) electrons. The molecule has 6 heteroatoms. The van der Waals surface area contributed by atoms with E-state index in [0.717, 1.165) is 0 Å². The molecule has 1 rings (SSSR count). The van der Waals surface area contributed by atoms with Gasteiger partial charge in [-0.2, -0.15) is 0 Å². The van der Waals surface area contributed by atoms with Crippen LogP contribution >= 0.6 is 27.5 Å². The van der Waals surface area contributed by atoms with Gasteiger partial charge in [-0.3, -0.25) is 4.79 Å². The summed E-state index contributed by atoms with van der Waals surface area (Å²) in [4.78, 5) is 13.7. The van der Waals surface area contributed by atoms with E-state index in [1.54, 1.807) is 31.2 Å². The average molecular weight is 363 g/mol. The Balaban J connectivity index is 2.75. The van der Waals surface area contributed by atoms with E-state index in [-0.39, 0.29) is 19.1 Å². The van der Waals surface area contributed by atoms with E-state index in [4.69, 9.17) is 21.4 Å². The number of hydrogen-bond donors (Lipinski definition) is 1. The van der Waals surface area contributed by atoms with E-state index in [2.05, 4.69) is 22.5 Å². The average Bonchev–Trinajstić information content (AvgIpc) is 2.40. The molecule has 0 heterocycles. The van der Waals surface area contributed by atoms with Crippen LogP contribution in [0.5, 0.6) is 5.75 Å². The number of amides is 1. The predicted octanol–water partition coefficient (Wildman–Crippen LogP) is 2.88. The van der Waals surface area contributed by atoms with Crippen LogP contribution in [0, 0.1) is 0 Å². The maximum Gasteiger partial charge on any atom is 0.263 e. The third kappa shape index (κ3) is 4.81. The van der Waals surface area contributed by atoms with Gasteiger partial charge in [0.25, 0.3) is 5.91 Å². The Morgan fingerprint density at radius 2 is 2.35 bits per heavy atom. The number of aliphatic hydroxyl groups excluding tert-OH is 1. The fourth-order valence-corrected chi connectivity index (χ4v) is 2.41. The topological polar surface area (TPSA) is 49.8 Å². The highest BCUT2D eigenvalue weighted by Crippen LogP contribution is 2.28. The SMILES string of the molecule is C=CCN(CCO)C(=O)C(C)Oc1ccc(Cl)cc1Br. The first-order valence-electron chi connectivity index (χ1n) is 6.11. The summed E-state index contributed by atoms with van der Waals surface area (Å²) in [6, 6.07) is 5.08. The lowest BCUT2D eigenvalue weighted by Crippen LogP contribution is -2.42. The molecule has 0 saturated heterocycles. The minimum atomic E-state index is -0.668. The number of halogens is 2. The van der Waals surface area contributed by atoms with Crippen molar-refractivity contribution < 1.29 is 14.6 Å². The van der Waals surface area contributed by atoms with Crippen LogP contribution in [0.3, 0.4) is 0 Å². The standard InChI is InChI=1S/C14H17BrClNO3/c1-3-6-17(7-8-18)14(19)10(2)20-13-5-4-11(16)9-12(13)15/h3-5,9-10,18H,1,6-8H2,2H3. The van der Waals surface area contributed by atoms with Crippen LogP contribution in [0.4, 0.5) is 0 Å². The summed E-state index contributed by atoms with van der Waals surface area (Å²) in [6.45, 7) is 5.78. The number of carbonyl (C=O) groups is 1. The molecule has 0 bridgehead atoms. The molecule has 1 unspecified atom stereocenters. The van der Waals surface area contributed by atoms with Crippen molar-refractivity contribution in [3.8, 4) is 5.75 Å². The molecule has 0 spiro atoms. The van der Waals surface area contributed by atoms with Crippen molar-refractivity contribution >= 4 is 33.4 Å². The van der Waals surface area contributed by atoms with Gasteiger partial charge in [-0.25, -0.2) is 0 Å². The van der Waals surface area contributed by atoms with Gasteiger partial charge < -0.3 is 14.7 Å². The second-order valence-corrected chi connectivity index (χ2v) is 5.42. The second-order valence-electron chi connectivity index (χ2n) is 4.13. The third-order valence-corrected chi connectivity index (χ3v) is 3.43. The normalized spacial score (nSPS) is 11.8. The highest BCUT2D eigenvalue weighted by molar-refractivity contribution is 9.10. The maximum atomic E-state index is 12.2. The van der Waals surface area contributed by atoms with Gasteiger partial charge in [0.2, 0.25) is 0 Å². The van der Waals surface area contributed by atoms with Gasteiger partial charge in [0.15, 0.2) is 6.10 Å². The molecular weight excluding hydrogens is 346 g/mol. The number of benzene rings is 1. The van der Waals surface area contributed by atoms with Gasteiger partial charge >= 0.3 is 0 Å². The zero-order valence-corrected chi connectivity index (χ0v) is 13.5. The van der Waals surface area contributed by atoms with Crippen molar-refractivity contribution in [3.05, 3.63) is 40.3 Å². The lowest BCUT2D eigenvalue weighted by molar-refractivity contribution is -0.137. The summed E-state index contributed by atoms with van der Waals surface area (Å²) in [7, 11) is 0. The molecule has 0 aliphatic carbocycles. The fourth-order valence-electron chi connectivity index (χ4n) is 1.64.